The summed E-state index contributed by atoms with van der Waals surface area (Å²) in [6, 6.07) is 7.96. The molecule has 264 valence electrons. The molecule has 0 saturated heterocycles. The maximum absolute atomic E-state index is 12.0. The number of hydrogen-bond donors (Lipinski definition) is 2. The van der Waals surface area contributed by atoms with E-state index in [1.54, 1.807) is 18.2 Å². The number of nitro benzene ring substituents is 6. The molecule has 1 unspecified atom stereocenters. The molecule has 0 aliphatic carbocycles. The van der Waals surface area contributed by atoms with E-state index in [2.05, 4.69) is 9.97 Å². The zero-order valence-electron chi connectivity index (χ0n) is 25.6. The predicted molar refractivity (Wildman–Crippen MR) is 167 cm³/mol. The number of imidazole rings is 1. The lowest BCUT2D eigenvalue weighted by Gasteiger charge is -2.34. The van der Waals surface area contributed by atoms with Gasteiger partial charge in [-0.15, -0.1) is 0 Å². The van der Waals surface area contributed by atoms with Crippen molar-refractivity contribution in [1.29, 1.82) is 5.41 Å². The van der Waals surface area contributed by atoms with E-state index in [1.165, 1.54) is 31.6 Å². The first-order valence-electron chi connectivity index (χ1n) is 13.9. The van der Waals surface area contributed by atoms with Crippen LogP contribution in [0.15, 0.2) is 67.1 Å². The molecule has 3 aromatic carbocycles. The smallest absolute Gasteiger partial charge is 0.328 e. The van der Waals surface area contributed by atoms with E-state index in [-0.39, 0.29) is 6.42 Å². The Hall–Kier alpha value is -7.86. The van der Waals surface area contributed by atoms with Crippen molar-refractivity contribution < 1.29 is 39.2 Å². The molecule has 1 heterocycles. The fraction of sp³-hybridized carbons (Fsp3) is 0.154. The van der Waals surface area contributed by atoms with Gasteiger partial charge in [0.05, 0.1) is 72.7 Å². The fourth-order valence-electron chi connectivity index (χ4n) is 4.44. The van der Waals surface area contributed by atoms with Crippen molar-refractivity contribution in [3.63, 3.8) is 0 Å². The van der Waals surface area contributed by atoms with Gasteiger partial charge in [0.25, 0.3) is 17.3 Å². The lowest BCUT2D eigenvalue weighted by atomic mass is 10.1. The normalized spacial score (nSPS) is 11.2. The SMILES string of the molecule is CC(c1ccccc1)N(Oc1c([N+](=O)[O-])cc([N+](=O)[O-])cc1[N+](=O)[O-])C(=N)N(CCc1cnc[nH]1)Oc1c([N+](=O)[O-])cc([N+](=O)[O-])cc1[N+](=O)[O-]. The van der Waals surface area contributed by atoms with Gasteiger partial charge >= 0.3 is 34.2 Å². The van der Waals surface area contributed by atoms with Crippen LogP contribution < -0.4 is 9.68 Å². The highest BCUT2D eigenvalue weighted by Crippen LogP contribution is 2.43. The van der Waals surface area contributed by atoms with Crippen LogP contribution in [0.25, 0.3) is 0 Å². The summed E-state index contributed by atoms with van der Waals surface area (Å²) in [6.45, 7) is 0.828. The molecule has 0 spiro atoms. The Kier molecular flexibility index (Phi) is 10.5. The number of nitrogens with one attached hydrogen (secondary N) is 2. The standard InChI is InChI=1S/C26H21N11O14/c1-15(16-5-3-2-4-6-16)31(51-25-22(36(46)47)11-19(33(40)41)12-23(25)37(48)49)26(27)30(8-7-17-13-28-14-29-17)50-24-20(34(42)43)9-18(32(38)39)10-21(24)35(44)45/h2-6,9-15,27H,7-8H2,1H3,(H,28,29). The summed E-state index contributed by atoms with van der Waals surface area (Å²) in [7, 11) is 0. The topological polar surface area (TPSA) is 336 Å². The van der Waals surface area contributed by atoms with Crippen LogP contribution >= 0.6 is 0 Å². The van der Waals surface area contributed by atoms with Crippen molar-refractivity contribution in [2.75, 3.05) is 6.54 Å². The molecule has 51 heavy (non-hydrogen) atoms. The third kappa shape index (κ3) is 8.00. The molecule has 0 bridgehead atoms. The van der Waals surface area contributed by atoms with E-state index in [0.29, 0.717) is 45.6 Å². The first-order valence-corrected chi connectivity index (χ1v) is 13.9. The molecule has 0 radical (unpaired) electrons. The molecule has 4 aromatic rings. The molecule has 1 aromatic heterocycles. The third-order valence-electron chi connectivity index (χ3n) is 6.89. The second-order valence-corrected chi connectivity index (χ2v) is 10.0. The lowest BCUT2D eigenvalue weighted by Crippen LogP contribution is -2.49. The fourth-order valence-corrected chi connectivity index (χ4v) is 4.44. The highest BCUT2D eigenvalue weighted by molar-refractivity contribution is 5.77. The molecule has 0 aliphatic heterocycles. The third-order valence-corrected chi connectivity index (χ3v) is 6.89. The van der Waals surface area contributed by atoms with Gasteiger partial charge in [-0.05, 0) is 12.5 Å². The number of hydrogen-bond acceptors (Lipinski definition) is 16. The Morgan fingerprint density at radius 3 is 1.59 bits per heavy atom. The van der Waals surface area contributed by atoms with Gasteiger partial charge < -0.3 is 14.7 Å². The maximum Gasteiger partial charge on any atom is 0.328 e. The van der Waals surface area contributed by atoms with Crippen LogP contribution in [0.4, 0.5) is 34.1 Å². The number of aromatic amines is 1. The minimum absolute atomic E-state index is 0.137. The van der Waals surface area contributed by atoms with Crippen LogP contribution in [0.3, 0.4) is 0 Å². The summed E-state index contributed by atoms with van der Waals surface area (Å²) >= 11 is 0. The van der Waals surface area contributed by atoms with Gasteiger partial charge in [-0.2, -0.15) is 10.1 Å². The van der Waals surface area contributed by atoms with Gasteiger partial charge in [0.15, 0.2) is 0 Å². The average Bonchev–Trinajstić information content (AvgIpc) is 3.61. The Bertz CT molecular complexity index is 1970. The van der Waals surface area contributed by atoms with Crippen LogP contribution in [-0.4, -0.2) is 62.1 Å². The molecular weight excluding hydrogens is 690 g/mol. The van der Waals surface area contributed by atoms with Gasteiger partial charge in [0.2, 0.25) is 0 Å². The van der Waals surface area contributed by atoms with Crippen LogP contribution in [0.5, 0.6) is 11.5 Å². The number of benzene rings is 3. The minimum atomic E-state index is -1.26. The molecule has 0 saturated carbocycles. The Morgan fingerprint density at radius 1 is 0.745 bits per heavy atom. The number of non-ortho nitro benzene ring substituents is 2. The van der Waals surface area contributed by atoms with E-state index >= 15 is 0 Å². The lowest BCUT2D eigenvalue weighted by molar-refractivity contribution is -0.405. The van der Waals surface area contributed by atoms with E-state index in [0.717, 1.165) is 0 Å². The summed E-state index contributed by atoms with van der Waals surface area (Å²) in [5, 5.41) is 81.1. The number of nitrogens with zero attached hydrogens (tertiary/aromatic N) is 9. The van der Waals surface area contributed by atoms with Gasteiger partial charge in [-0.25, -0.2) is 4.98 Å². The van der Waals surface area contributed by atoms with E-state index in [1.807, 2.05) is 0 Å². The summed E-state index contributed by atoms with van der Waals surface area (Å²) in [5.74, 6) is -3.39. The predicted octanol–water partition coefficient (Wildman–Crippen LogP) is 4.69. The Labute approximate surface area is 281 Å². The number of nitro groups is 6. The molecule has 1 atom stereocenters. The minimum Gasteiger partial charge on any atom is -0.362 e. The zero-order chi connectivity index (χ0) is 37.6. The molecule has 0 amide bonds. The molecule has 0 aliphatic rings. The maximum atomic E-state index is 12.0. The van der Waals surface area contributed by atoms with Gasteiger partial charge in [-0.1, -0.05) is 30.3 Å². The average molecular weight is 712 g/mol. The van der Waals surface area contributed by atoms with Gasteiger partial charge in [0, 0.05) is 18.3 Å². The van der Waals surface area contributed by atoms with Crippen LogP contribution in [0.2, 0.25) is 0 Å². The molecule has 25 nitrogen and oxygen atoms in total. The quantitative estimate of drug-likeness (QED) is 0.0730. The molecule has 4 rings (SSSR count). The monoisotopic (exact) mass is 711 g/mol. The van der Waals surface area contributed by atoms with Crippen LogP contribution in [-0.2, 0) is 6.42 Å². The van der Waals surface area contributed by atoms with Crippen molar-refractivity contribution >= 4 is 40.1 Å². The first-order chi connectivity index (χ1) is 24.1. The second-order valence-electron chi connectivity index (χ2n) is 10.0. The van der Waals surface area contributed by atoms with Crippen LogP contribution in [0, 0.1) is 66.1 Å². The number of guanidine groups is 1. The van der Waals surface area contributed by atoms with Crippen molar-refractivity contribution in [2.45, 2.75) is 19.4 Å². The molecule has 2 N–H and O–H groups in total. The summed E-state index contributed by atoms with van der Waals surface area (Å²) < 4.78 is 0. The van der Waals surface area contributed by atoms with E-state index in [4.69, 9.17) is 15.1 Å². The number of H-pyrrole nitrogens is 1. The number of hydroxylamine groups is 4. The number of rotatable bonds is 15. The molecular formula is C26H21N11O14. The second kappa shape index (κ2) is 14.9. The van der Waals surface area contributed by atoms with Crippen molar-refractivity contribution in [3.8, 4) is 11.5 Å². The summed E-state index contributed by atoms with van der Waals surface area (Å²) in [4.78, 5) is 81.7. The highest BCUT2D eigenvalue weighted by atomic mass is 16.7. The molecule has 25 heteroatoms. The van der Waals surface area contributed by atoms with Gasteiger partial charge in [-0.3, -0.25) is 66.1 Å². The van der Waals surface area contributed by atoms with Crippen molar-refractivity contribution in [1.82, 2.24) is 20.1 Å². The van der Waals surface area contributed by atoms with Crippen LogP contribution in [0.1, 0.15) is 24.2 Å². The summed E-state index contributed by atoms with van der Waals surface area (Å²) in [6.07, 6.45) is 2.48. The van der Waals surface area contributed by atoms with E-state index in [9.17, 15) is 60.7 Å². The first kappa shape index (κ1) is 36.0. The van der Waals surface area contributed by atoms with E-state index < -0.39 is 93.7 Å². The Morgan fingerprint density at radius 2 is 1.20 bits per heavy atom. The van der Waals surface area contributed by atoms with Crippen molar-refractivity contribution in [3.05, 3.63) is 139 Å². The largest absolute Gasteiger partial charge is 0.362 e. The number of aromatic nitrogens is 2. The van der Waals surface area contributed by atoms with Gasteiger partial charge in [0.1, 0.15) is 0 Å². The summed E-state index contributed by atoms with van der Waals surface area (Å²) in [5.41, 5.74) is -6.47. The molecule has 0 fully saturated rings. The van der Waals surface area contributed by atoms with Crippen molar-refractivity contribution in [2.24, 2.45) is 0 Å². The zero-order valence-corrected chi connectivity index (χ0v) is 25.6. The highest BCUT2D eigenvalue weighted by Gasteiger charge is 2.39. The Balaban J connectivity index is 1.94.